The number of morpholine rings is 1. The zero-order valence-corrected chi connectivity index (χ0v) is 14.4. The smallest absolute Gasteiger partial charge is 0.243 e. The molecule has 1 heterocycles. The van der Waals surface area contributed by atoms with Gasteiger partial charge in [-0.1, -0.05) is 54.1 Å². The maximum atomic E-state index is 13.2. The van der Waals surface area contributed by atoms with Crippen molar-refractivity contribution in [2.24, 2.45) is 0 Å². The van der Waals surface area contributed by atoms with Crippen LogP contribution in [0.4, 0.5) is 0 Å². The number of rotatable bonds is 4. The van der Waals surface area contributed by atoms with E-state index in [1.807, 2.05) is 49.4 Å². The van der Waals surface area contributed by atoms with Crippen molar-refractivity contribution < 1.29 is 13.2 Å². The molecule has 1 aliphatic rings. The molecule has 126 valence electrons. The molecule has 0 radical (unpaired) electrons. The van der Waals surface area contributed by atoms with Gasteiger partial charge in [0.25, 0.3) is 0 Å². The SMILES string of the molecule is C=C[C@@H]1CN(S(=O)(=O)c2ccc(C)cc2)[C@H](c2ccccc2)CO1. The highest BCUT2D eigenvalue weighted by Crippen LogP contribution is 2.32. The highest BCUT2D eigenvalue weighted by molar-refractivity contribution is 7.89. The predicted octanol–water partition coefficient (Wildman–Crippen LogP) is 3.31. The molecule has 1 aliphatic heterocycles. The number of hydrogen-bond donors (Lipinski definition) is 0. The lowest BCUT2D eigenvalue weighted by Crippen LogP contribution is -2.46. The second-order valence-electron chi connectivity index (χ2n) is 5.92. The first kappa shape index (κ1) is 16.9. The summed E-state index contributed by atoms with van der Waals surface area (Å²) >= 11 is 0. The molecular formula is C19H21NO3S. The van der Waals surface area contributed by atoms with Crippen LogP contribution in [0.15, 0.2) is 72.1 Å². The molecular weight excluding hydrogens is 322 g/mol. The summed E-state index contributed by atoms with van der Waals surface area (Å²) in [7, 11) is -3.61. The maximum Gasteiger partial charge on any atom is 0.243 e. The first-order valence-corrected chi connectivity index (χ1v) is 9.34. The van der Waals surface area contributed by atoms with Gasteiger partial charge in [-0.05, 0) is 24.6 Å². The fraction of sp³-hybridized carbons (Fsp3) is 0.263. The van der Waals surface area contributed by atoms with Gasteiger partial charge in [-0.3, -0.25) is 0 Å². The minimum absolute atomic E-state index is 0.263. The second-order valence-corrected chi connectivity index (χ2v) is 7.81. The Morgan fingerprint density at radius 1 is 1.12 bits per heavy atom. The molecule has 4 nitrogen and oxygen atoms in total. The van der Waals surface area contributed by atoms with Crippen molar-refractivity contribution in [3.8, 4) is 0 Å². The molecule has 1 saturated heterocycles. The van der Waals surface area contributed by atoms with Gasteiger partial charge < -0.3 is 4.74 Å². The number of benzene rings is 2. The van der Waals surface area contributed by atoms with E-state index in [9.17, 15) is 8.42 Å². The van der Waals surface area contributed by atoms with Crippen molar-refractivity contribution in [1.29, 1.82) is 0 Å². The Labute approximate surface area is 143 Å². The number of nitrogens with zero attached hydrogens (tertiary/aromatic N) is 1. The van der Waals surface area contributed by atoms with E-state index in [0.29, 0.717) is 11.5 Å². The van der Waals surface area contributed by atoms with E-state index in [0.717, 1.165) is 11.1 Å². The Bertz CT molecular complexity index is 800. The number of sulfonamides is 1. The Morgan fingerprint density at radius 3 is 2.42 bits per heavy atom. The van der Waals surface area contributed by atoms with E-state index in [2.05, 4.69) is 6.58 Å². The van der Waals surface area contributed by atoms with Crippen molar-refractivity contribution in [2.45, 2.75) is 24.0 Å². The van der Waals surface area contributed by atoms with Crippen molar-refractivity contribution in [3.63, 3.8) is 0 Å². The topological polar surface area (TPSA) is 46.6 Å². The van der Waals surface area contributed by atoms with Crippen LogP contribution in [0.5, 0.6) is 0 Å². The number of ether oxygens (including phenoxy) is 1. The molecule has 0 bridgehead atoms. The van der Waals surface area contributed by atoms with E-state index < -0.39 is 10.0 Å². The van der Waals surface area contributed by atoms with Gasteiger partial charge in [0.05, 0.1) is 23.6 Å². The largest absolute Gasteiger partial charge is 0.371 e. The highest BCUT2D eigenvalue weighted by atomic mass is 32.2. The molecule has 3 rings (SSSR count). The average molecular weight is 343 g/mol. The Balaban J connectivity index is 2.01. The summed E-state index contributed by atoms with van der Waals surface area (Å²) < 4.78 is 33.6. The van der Waals surface area contributed by atoms with E-state index in [1.54, 1.807) is 18.2 Å². The first-order chi connectivity index (χ1) is 11.5. The summed E-state index contributed by atoms with van der Waals surface area (Å²) in [5.41, 5.74) is 1.95. The summed E-state index contributed by atoms with van der Waals surface area (Å²) in [6, 6.07) is 16.2. The molecule has 0 amide bonds. The van der Waals surface area contributed by atoms with Crippen LogP contribution in [-0.4, -0.2) is 32.0 Å². The lowest BCUT2D eigenvalue weighted by Gasteiger charge is -2.38. The zero-order chi connectivity index (χ0) is 17.2. The predicted molar refractivity (Wildman–Crippen MR) is 94.2 cm³/mol. The summed E-state index contributed by atoms with van der Waals surface area (Å²) in [5.74, 6) is 0. The molecule has 0 aliphatic carbocycles. The van der Waals surface area contributed by atoms with E-state index in [1.165, 1.54) is 4.31 Å². The maximum absolute atomic E-state index is 13.2. The lowest BCUT2D eigenvalue weighted by atomic mass is 10.1. The number of hydrogen-bond acceptors (Lipinski definition) is 3. The van der Waals surface area contributed by atoms with Gasteiger partial charge in [0.15, 0.2) is 0 Å². The van der Waals surface area contributed by atoms with Crippen LogP contribution >= 0.6 is 0 Å². The van der Waals surface area contributed by atoms with E-state index in [4.69, 9.17) is 4.74 Å². The summed E-state index contributed by atoms with van der Waals surface area (Å²) in [4.78, 5) is 0.304. The third-order valence-corrected chi connectivity index (χ3v) is 6.14. The third kappa shape index (κ3) is 3.29. The minimum atomic E-state index is -3.61. The molecule has 5 heteroatoms. The van der Waals surface area contributed by atoms with Crippen LogP contribution < -0.4 is 0 Å². The van der Waals surface area contributed by atoms with Crippen molar-refractivity contribution >= 4 is 10.0 Å². The zero-order valence-electron chi connectivity index (χ0n) is 13.6. The van der Waals surface area contributed by atoms with Gasteiger partial charge in [0, 0.05) is 6.54 Å². The molecule has 24 heavy (non-hydrogen) atoms. The number of aryl methyl sites for hydroxylation is 1. The van der Waals surface area contributed by atoms with Crippen LogP contribution in [0.2, 0.25) is 0 Å². The lowest BCUT2D eigenvalue weighted by molar-refractivity contribution is -0.00833. The van der Waals surface area contributed by atoms with Crippen molar-refractivity contribution in [1.82, 2.24) is 4.31 Å². The second kappa shape index (κ2) is 6.89. The van der Waals surface area contributed by atoms with Gasteiger partial charge in [-0.25, -0.2) is 8.42 Å². The summed E-state index contributed by atoms with van der Waals surface area (Å²) in [6.07, 6.45) is 1.35. The molecule has 1 fully saturated rings. The third-order valence-electron chi connectivity index (χ3n) is 4.25. The monoisotopic (exact) mass is 343 g/mol. The molecule has 0 spiro atoms. The van der Waals surface area contributed by atoms with Crippen LogP contribution in [0.1, 0.15) is 17.2 Å². The molecule has 2 aromatic carbocycles. The standard InChI is InChI=1S/C19H21NO3S/c1-3-17-13-20(19(14-23-17)16-7-5-4-6-8-16)24(21,22)18-11-9-15(2)10-12-18/h3-12,17,19H,1,13-14H2,2H3/t17-,19+/m1/s1. The van der Waals surface area contributed by atoms with Crippen molar-refractivity contribution in [3.05, 3.63) is 78.4 Å². The van der Waals surface area contributed by atoms with Crippen LogP contribution in [0.25, 0.3) is 0 Å². The van der Waals surface area contributed by atoms with Gasteiger partial charge >= 0.3 is 0 Å². The molecule has 0 aromatic heterocycles. The Hall–Kier alpha value is -1.95. The van der Waals surface area contributed by atoms with Gasteiger partial charge in [0.1, 0.15) is 0 Å². The molecule has 0 unspecified atom stereocenters. The summed E-state index contributed by atoms with van der Waals surface area (Å²) in [5, 5.41) is 0. The highest BCUT2D eigenvalue weighted by Gasteiger charge is 2.37. The summed E-state index contributed by atoms with van der Waals surface area (Å²) in [6.45, 7) is 6.25. The molecule has 2 atom stereocenters. The fourth-order valence-electron chi connectivity index (χ4n) is 2.85. The molecule has 0 N–H and O–H groups in total. The Kier molecular flexibility index (Phi) is 4.85. The first-order valence-electron chi connectivity index (χ1n) is 7.90. The van der Waals surface area contributed by atoms with Crippen LogP contribution in [-0.2, 0) is 14.8 Å². The van der Waals surface area contributed by atoms with Crippen molar-refractivity contribution in [2.75, 3.05) is 13.2 Å². The van der Waals surface area contributed by atoms with Crippen LogP contribution in [0, 0.1) is 6.92 Å². The minimum Gasteiger partial charge on any atom is -0.371 e. The average Bonchev–Trinajstić information content (AvgIpc) is 2.62. The fourth-order valence-corrected chi connectivity index (χ4v) is 4.46. The quantitative estimate of drug-likeness (QED) is 0.800. The molecule has 0 saturated carbocycles. The van der Waals surface area contributed by atoms with Gasteiger partial charge in [0.2, 0.25) is 10.0 Å². The van der Waals surface area contributed by atoms with E-state index in [-0.39, 0.29) is 18.7 Å². The normalized spacial score (nSPS) is 22.2. The Morgan fingerprint density at radius 2 is 1.79 bits per heavy atom. The molecule has 2 aromatic rings. The van der Waals surface area contributed by atoms with Gasteiger partial charge in [-0.15, -0.1) is 6.58 Å². The van der Waals surface area contributed by atoms with Crippen LogP contribution in [0.3, 0.4) is 0 Å². The van der Waals surface area contributed by atoms with E-state index >= 15 is 0 Å². The van der Waals surface area contributed by atoms with Gasteiger partial charge in [-0.2, -0.15) is 4.31 Å².